The maximum Gasteiger partial charge on any atom is 0.490 e. The van der Waals surface area contributed by atoms with Crippen molar-refractivity contribution in [1.29, 1.82) is 0 Å². The largest absolute Gasteiger partial charge is 0.490 e. The van der Waals surface area contributed by atoms with Gasteiger partial charge in [0.15, 0.2) is 5.75 Å². The van der Waals surface area contributed by atoms with Crippen molar-refractivity contribution in [3.05, 3.63) is 52.0 Å². The molecule has 4 nitrogen and oxygen atoms in total. The van der Waals surface area contributed by atoms with Crippen molar-refractivity contribution in [3.63, 3.8) is 0 Å². The van der Waals surface area contributed by atoms with E-state index in [-0.39, 0.29) is 0 Å². The Hall–Kier alpha value is -1.40. The van der Waals surface area contributed by atoms with Gasteiger partial charge in [-0.3, -0.25) is 0 Å². The van der Waals surface area contributed by atoms with Crippen LogP contribution in [0.4, 0.5) is 0 Å². The van der Waals surface area contributed by atoms with Gasteiger partial charge in [0.25, 0.3) is 0 Å². The standard InChI is InChI=1S/C16H17BCl2O4/c1-11-9-14(18)16(15(19)10-11)23-8-7-22-13-5-3-12(4-6-13)17(20)21-2/h3-6,9-10,20H,7-8H2,1-2H3. The van der Waals surface area contributed by atoms with Gasteiger partial charge < -0.3 is 19.2 Å². The first kappa shape index (κ1) is 18.0. The average molecular weight is 355 g/mol. The number of hydrogen-bond donors (Lipinski definition) is 1. The Kier molecular flexibility index (Phi) is 6.60. The van der Waals surface area contributed by atoms with E-state index in [1.807, 2.05) is 6.92 Å². The molecule has 0 aliphatic carbocycles. The molecule has 122 valence electrons. The molecular weight excluding hydrogens is 338 g/mol. The maximum absolute atomic E-state index is 9.52. The van der Waals surface area contributed by atoms with Crippen molar-refractivity contribution in [2.45, 2.75) is 6.92 Å². The van der Waals surface area contributed by atoms with Crippen LogP contribution in [0.15, 0.2) is 36.4 Å². The van der Waals surface area contributed by atoms with Gasteiger partial charge in [0.2, 0.25) is 0 Å². The number of benzene rings is 2. The highest BCUT2D eigenvalue weighted by Gasteiger charge is 2.13. The quantitative estimate of drug-likeness (QED) is 0.613. The van der Waals surface area contributed by atoms with Crippen LogP contribution in [0.25, 0.3) is 0 Å². The van der Waals surface area contributed by atoms with E-state index in [1.165, 1.54) is 7.11 Å². The Bertz CT molecular complexity index is 626. The lowest BCUT2D eigenvalue weighted by Crippen LogP contribution is -2.31. The smallest absolute Gasteiger partial charge is 0.490 e. The minimum atomic E-state index is -0.932. The van der Waals surface area contributed by atoms with Crippen LogP contribution >= 0.6 is 23.2 Å². The third-order valence-electron chi connectivity index (χ3n) is 3.13. The summed E-state index contributed by atoms with van der Waals surface area (Å²) in [7, 11) is 0.506. The van der Waals surface area contributed by atoms with Gasteiger partial charge in [-0.05, 0) is 42.2 Å². The molecule has 0 saturated carbocycles. The summed E-state index contributed by atoms with van der Waals surface area (Å²) in [5.41, 5.74) is 1.64. The zero-order valence-electron chi connectivity index (χ0n) is 12.9. The zero-order chi connectivity index (χ0) is 16.8. The van der Waals surface area contributed by atoms with Crippen LogP contribution in [0.5, 0.6) is 11.5 Å². The first-order valence-electron chi connectivity index (χ1n) is 7.03. The van der Waals surface area contributed by atoms with Crippen LogP contribution < -0.4 is 14.9 Å². The molecule has 0 amide bonds. The van der Waals surface area contributed by atoms with E-state index in [1.54, 1.807) is 36.4 Å². The van der Waals surface area contributed by atoms with Crippen molar-refractivity contribution in [2.24, 2.45) is 0 Å². The minimum Gasteiger partial charge on any atom is -0.490 e. The molecule has 0 aliphatic heterocycles. The fraction of sp³-hybridized carbons (Fsp3) is 0.250. The summed E-state index contributed by atoms with van der Waals surface area (Å²) in [4.78, 5) is 0. The molecule has 23 heavy (non-hydrogen) atoms. The van der Waals surface area contributed by atoms with E-state index >= 15 is 0 Å². The Morgan fingerprint density at radius 1 is 1.00 bits per heavy atom. The summed E-state index contributed by atoms with van der Waals surface area (Å²) >= 11 is 12.2. The first-order valence-corrected chi connectivity index (χ1v) is 7.79. The van der Waals surface area contributed by atoms with Crippen molar-refractivity contribution in [2.75, 3.05) is 20.3 Å². The molecular formula is C16H17BCl2O4. The van der Waals surface area contributed by atoms with Gasteiger partial charge in [-0.2, -0.15) is 0 Å². The molecule has 0 radical (unpaired) electrons. The zero-order valence-corrected chi connectivity index (χ0v) is 14.4. The molecule has 0 saturated heterocycles. The molecule has 0 spiro atoms. The predicted octanol–water partition coefficient (Wildman–Crippen LogP) is 3.09. The molecule has 1 N–H and O–H groups in total. The van der Waals surface area contributed by atoms with Crippen molar-refractivity contribution in [3.8, 4) is 11.5 Å². The normalized spacial score (nSPS) is 10.5. The predicted molar refractivity (Wildman–Crippen MR) is 93.2 cm³/mol. The van der Waals surface area contributed by atoms with E-state index in [0.29, 0.717) is 40.2 Å². The summed E-state index contributed by atoms with van der Waals surface area (Å²) < 4.78 is 16.0. The Balaban J connectivity index is 1.84. The molecule has 2 aromatic carbocycles. The molecule has 0 atom stereocenters. The highest BCUT2D eigenvalue weighted by molar-refractivity contribution is 6.59. The lowest BCUT2D eigenvalue weighted by atomic mass is 9.80. The molecule has 2 aromatic rings. The molecule has 2 rings (SSSR count). The second-order valence-electron chi connectivity index (χ2n) is 4.91. The Morgan fingerprint density at radius 2 is 1.57 bits per heavy atom. The van der Waals surface area contributed by atoms with Gasteiger partial charge in [-0.25, -0.2) is 0 Å². The van der Waals surface area contributed by atoms with Gasteiger partial charge in [0.05, 0.1) is 10.0 Å². The molecule has 0 unspecified atom stereocenters. The van der Waals surface area contributed by atoms with Crippen LogP contribution in [0.3, 0.4) is 0 Å². The number of hydrogen-bond acceptors (Lipinski definition) is 4. The minimum absolute atomic E-state index is 0.310. The van der Waals surface area contributed by atoms with Crippen LogP contribution in [0.1, 0.15) is 5.56 Å². The summed E-state index contributed by atoms with van der Waals surface area (Å²) in [5, 5.41) is 10.5. The number of aryl methyl sites for hydroxylation is 1. The van der Waals surface area contributed by atoms with Gasteiger partial charge >= 0.3 is 7.12 Å². The van der Waals surface area contributed by atoms with Crippen molar-refractivity contribution in [1.82, 2.24) is 0 Å². The van der Waals surface area contributed by atoms with Gasteiger partial charge in [0.1, 0.15) is 19.0 Å². The van der Waals surface area contributed by atoms with Crippen molar-refractivity contribution >= 4 is 35.8 Å². The molecule has 7 heteroatoms. The monoisotopic (exact) mass is 354 g/mol. The summed E-state index contributed by atoms with van der Waals surface area (Å²) in [5.74, 6) is 1.13. The molecule has 0 fully saturated rings. The van der Waals surface area contributed by atoms with E-state index in [2.05, 4.69) is 0 Å². The van der Waals surface area contributed by atoms with Crippen LogP contribution in [0, 0.1) is 6.92 Å². The van der Waals surface area contributed by atoms with Crippen molar-refractivity contribution < 1.29 is 19.2 Å². The Labute approximate surface area is 146 Å². The topological polar surface area (TPSA) is 47.9 Å². The highest BCUT2D eigenvalue weighted by atomic mass is 35.5. The number of rotatable bonds is 7. The summed E-state index contributed by atoms with van der Waals surface area (Å²) in [6.07, 6.45) is 0. The second-order valence-corrected chi connectivity index (χ2v) is 5.73. The molecule has 0 heterocycles. The van der Waals surface area contributed by atoms with Gasteiger partial charge in [0, 0.05) is 7.11 Å². The molecule has 0 bridgehead atoms. The third kappa shape index (κ3) is 5.04. The number of ether oxygens (including phenoxy) is 2. The molecule has 0 aromatic heterocycles. The summed E-state index contributed by atoms with van der Waals surface area (Å²) in [6.45, 7) is 2.56. The van der Waals surface area contributed by atoms with Gasteiger partial charge in [-0.15, -0.1) is 0 Å². The lowest BCUT2D eigenvalue weighted by molar-refractivity contribution is 0.217. The van der Waals surface area contributed by atoms with Gasteiger partial charge in [-0.1, -0.05) is 35.3 Å². The van der Waals surface area contributed by atoms with E-state index in [0.717, 1.165) is 5.56 Å². The highest BCUT2D eigenvalue weighted by Crippen LogP contribution is 2.33. The maximum atomic E-state index is 9.52. The first-order chi connectivity index (χ1) is 11.0. The fourth-order valence-corrected chi connectivity index (χ4v) is 2.70. The second kappa shape index (κ2) is 8.46. The fourth-order valence-electron chi connectivity index (χ4n) is 1.99. The average Bonchev–Trinajstić information content (AvgIpc) is 2.53. The van der Waals surface area contributed by atoms with Crippen LogP contribution in [-0.2, 0) is 4.65 Å². The van der Waals surface area contributed by atoms with E-state index < -0.39 is 7.12 Å². The van der Waals surface area contributed by atoms with Crippen LogP contribution in [0.2, 0.25) is 10.0 Å². The molecule has 0 aliphatic rings. The third-order valence-corrected chi connectivity index (χ3v) is 3.69. The number of halogens is 2. The van der Waals surface area contributed by atoms with E-state index in [9.17, 15) is 5.02 Å². The summed E-state index contributed by atoms with van der Waals surface area (Å²) in [6, 6.07) is 10.6. The Morgan fingerprint density at radius 3 is 2.13 bits per heavy atom. The van der Waals surface area contributed by atoms with E-state index in [4.69, 9.17) is 37.3 Å². The lowest BCUT2D eigenvalue weighted by Gasteiger charge is -2.12. The SMILES string of the molecule is COB(O)c1ccc(OCCOc2c(Cl)cc(C)cc2Cl)cc1. The van der Waals surface area contributed by atoms with Crippen LogP contribution in [-0.4, -0.2) is 32.5 Å².